The second kappa shape index (κ2) is 6.41. The summed E-state index contributed by atoms with van der Waals surface area (Å²) in [6.07, 6.45) is 5.00. The molecule has 0 aliphatic carbocycles. The molecule has 2 fully saturated rings. The molecule has 2 aliphatic rings. The standard InChI is InChI=1S/C19H27N3O3/c1-14(23)22-13-19(12-16(24)18(22,2)3)6-10-21(11-7-19)17(25)15-4-8-20-9-5-15/h4-5,8-9,16,24H,6-7,10-13H2,1-3H3. The van der Waals surface area contributed by atoms with Crippen LogP contribution in [0, 0.1) is 5.41 Å². The van der Waals surface area contributed by atoms with Crippen LogP contribution in [0.4, 0.5) is 0 Å². The molecule has 1 N–H and O–H groups in total. The molecule has 6 heteroatoms. The van der Waals surface area contributed by atoms with Crippen molar-refractivity contribution in [2.45, 2.75) is 51.7 Å². The Bertz CT molecular complexity index is 651. The largest absolute Gasteiger partial charge is 0.391 e. The van der Waals surface area contributed by atoms with E-state index in [-0.39, 0.29) is 17.2 Å². The number of nitrogens with zero attached hydrogens (tertiary/aromatic N) is 3. The monoisotopic (exact) mass is 345 g/mol. The van der Waals surface area contributed by atoms with Crippen molar-refractivity contribution >= 4 is 11.8 Å². The lowest BCUT2D eigenvalue weighted by Crippen LogP contribution is -2.64. The third kappa shape index (κ3) is 3.27. The lowest BCUT2D eigenvalue weighted by Gasteiger charge is -2.55. The first-order valence-corrected chi connectivity index (χ1v) is 8.91. The second-order valence-electron chi connectivity index (χ2n) is 8.01. The van der Waals surface area contributed by atoms with Crippen LogP contribution in [0.15, 0.2) is 24.5 Å². The molecule has 25 heavy (non-hydrogen) atoms. The summed E-state index contributed by atoms with van der Waals surface area (Å²) in [5, 5.41) is 10.6. The van der Waals surface area contributed by atoms with E-state index in [0.29, 0.717) is 31.6 Å². The van der Waals surface area contributed by atoms with Gasteiger partial charge in [-0.05, 0) is 50.7 Å². The van der Waals surface area contributed by atoms with Crippen molar-refractivity contribution in [3.05, 3.63) is 30.1 Å². The molecule has 1 aromatic heterocycles. The van der Waals surface area contributed by atoms with Gasteiger partial charge in [-0.1, -0.05) is 0 Å². The van der Waals surface area contributed by atoms with Crippen LogP contribution in [0.3, 0.4) is 0 Å². The highest BCUT2D eigenvalue weighted by atomic mass is 16.3. The molecule has 2 saturated heterocycles. The van der Waals surface area contributed by atoms with E-state index < -0.39 is 11.6 Å². The maximum atomic E-state index is 12.6. The lowest BCUT2D eigenvalue weighted by molar-refractivity contribution is -0.156. The molecule has 2 aliphatic heterocycles. The number of aliphatic hydroxyl groups is 1. The van der Waals surface area contributed by atoms with Crippen molar-refractivity contribution in [1.82, 2.24) is 14.8 Å². The fourth-order valence-corrected chi connectivity index (χ4v) is 4.18. The summed E-state index contributed by atoms with van der Waals surface area (Å²) >= 11 is 0. The van der Waals surface area contributed by atoms with Gasteiger partial charge in [0.25, 0.3) is 5.91 Å². The molecule has 0 radical (unpaired) electrons. The van der Waals surface area contributed by atoms with Crippen LogP contribution < -0.4 is 0 Å². The molecule has 1 spiro atoms. The Morgan fingerprint density at radius 1 is 1.20 bits per heavy atom. The minimum atomic E-state index is -0.549. The summed E-state index contributed by atoms with van der Waals surface area (Å²) in [5.41, 5.74) is 0.0117. The summed E-state index contributed by atoms with van der Waals surface area (Å²) in [6.45, 7) is 7.38. The van der Waals surface area contributed by atoms with Crippen molar-refractivity contribution in [2.24, 2.45) is 5.41 Å². The average molecular weight is 345 g/mol. The second-order valence-corrected chi connectivity index (χ2v) is 8.01. The van der Waals surface area contributed by atoms with Gasteiger partial charge in [-0.2, -0.15) is 0 Å². The highest BCUT2D eigenvalue weighted by molar-refractivity contribution is 5.94. The number of rotatable bonds is 1. The van der Waals surface area contributed by atoms with Crippen molar-refractivity contribution in [3.63, 3.8) is 0 Å². The van der Waals surface area contributed by atoms with Gasteiger partial charge < -0.3 is 14.9 Å². The Kier molecular flexibility index (Phi) is 4.58. The van der Waals surface area contributed by atoms with E-state index in [4.69, 9.17) is 0 Å². The predicted molar refractivity (Wildman–Crippen MR) is 93.9 cm³/mol. The summed E-state index contributed by atoms with van der Waals surface area (Å²) in [6, 6.07) is 3.47. The normalized spacial score (nSPS) is 25.0. The summed E-state index contributed by atoms with van der Waals surface area (Å²) < 4.78 is 0. The number of aliphatic hydroxyl groups excluding tert-OH is 1. The fourth-order valence-electron chi connectivity index (χ4n) is 4.18. The number of carbonyl (C=O) groups is 2. The highest BCUT2D eigenvalue weighted by Gasteiger charge is 2.50. The molecule has 6 nitrogen and oxygen atoms in total. The van der Waals surface area contributed by atoms with Gasteiger partial charge in [0.15, 0.2) is 0 Å². The van der Waals surface area contributed by atoms with E-state index in [1.54, 1.807) is 31.5 Å². The molecule has 0 bridgehead atoms. The third-order valence-corrected chi connectivity index (χ3v) is 6.05. The zero-order valence-corrected chi connectivity index (χ0v) is 15.2. The first-order valence-electron chi connectivity index (χ1n) is 8.91. The predicted octanol–water partition coefficient (Wildman–Crippen LogP) is 1.70. The van der Waals surface area contributed by atoms with E-state index >= 15 is 0 Å². The topological polar surface area (TPSA) is 73.7 Å². The molecule has 3 heterocycles. The molecule has 1 unspecified atom stereocenters. The zero-order chi connectivity index (χ0) is 18.2. The Hall–Kier alpha value is -1.95. The van der Waals surface area contributed by atoms with Crippen LogP contribution in [0.2, 0.25) is 0 Å². The van der Waals surface area contributed by atoms with Crippen molar-refractivity contribution in [2.75, 3.05) is 19.6 Å². The Labute approximate surface area is 148 Å². The van der Waals surface area contributed by atoms with Gasteiger partial charge in [0.2, 0.25) is 5.91 Å². The summed E-state index contributed by atoms with van der Waals surface area (Å²) in [7, 11) is 0. The maximum Gasteiger partial charge on any atom is 0.253 e. The van der Waals surface area contributed by atoms with Crippen LogP contribution in [-0.4, -0.2) is 63.0 Å². The molecule has 3 rings (SSSR count). The molecule has 1 atom stereocenters. The number of aromatic nitrogens is 1. The smallest absolute Gasteiger partial charge is 0.253 e. The summed E-state index contributed by atoms with van der Waals surface area (Å²) in [4.78, 5) is 32.3. The molecule has 0 aromatic carbocycles. The lowest BCUT2D eigenvalue weighted by atomic mass is 9.67. The molecule has 136 valence electrons. The van der Waals surface area contributed by atoms with E-state index in [1.807, 2.05) is 23.6 Å². The molecule has 2 amide bonds. The minimum Gasteiger partial charge on any atom is -0.391 e. The maximum absolute atomic E-state index is 12.6. The van der Waals surface area contributed by atoms with Crippen molar-refractivity contribution in [3.8, 4) is 0 Å². The van der Waals surface area contributed by atoms with Crippen LogP contribution in [0.1, 0.15) is 50.4 Å². The van der Waals surface area contributed by atoms with Crippen molar-refractivity contribution in [1.29, 1.82) is 0 Å². The molecular formula is C19H27N3O3. The number of likely N-dealkylation sites (tertiary alicyclic amines) is 2. The van der Waals surface area contributed by atoms with Crippen LogP contribution in [0.5, 0.6) is 0 Å². The number of piperidine rings is 2. The number of hydrogen-bond acceptors (Lipinski definition) is 4. The van der Waals surface area contributed by atoms with E-state index in [0.717, 1.165) is 12.8 Å². The molecule has 0 saturated carbocycles. The van der Waals surface area contributed by atoms with Crippen LogP contribution in [0.25, 0.3) is 0 Å². The van der Waals surface area contributed by atoms with E-state index in [9.17, 15) is 14.7 Å². The van der Waals surface area contributed by atoms with Gasteiger partial charge >= 0.3 is 0 Å². The minimum absolute atomic E-state index is 0.00147. The average Bonchev–Trinajstić information content (AvgIpc) is 2.59. The number of hydrogen-bond donors (Lipinski definition) is 1. The summed E-state index contributed by atoms with van der Waals surface area (Å²) in [5.74, 6) is 0.0239. The van der Waals surface area contributed by atoms with Gasteiger partial charge in [-0.25, -0.2) is 0 Å². The van der Waals surface area contributed by atoms with Gasteiger partial charge in [-0.15, -0.1) is 0 Å². The first-order chi connectivity index (χ1) is 11.8. The highest BCUT2D eigenvalue weighted by Crippen LogP contribution is 2.45. The Morgan fingerprint density at radius 3 is 2.36 bits per heavy atom. The van der Waals surface area contributed by atoms with Crippen LogP contribution >= 0.6 is 0 Å². The molecule has 1 aromatic rings. The third-order valence-electron chi connectivity index (χ3n) is 6.05. The van der Waals surface area contributed by atoms with Gasteiger partial charge in [0, 0.05) is 44.5 Å². The zero-order valence-electron chi connectivity index (χ0n) is 15.2. The van der Waals surface area contributed by atoms with Crippen LogP contribution in [-0.2, 0) is 4.79 Å². The van der Waals surface area contributed by atoms with Gasteiger partial charge in [-0.3, -0.25) is 14.6 Å². The van der Waals surface area contributed by atoms with Gasteiger partial charge in [0.05, 0.1) is 11.6 Å². The quantitative estimate of drug-likeness (QED) is 0.841. The Balaban J connectivity index is 1.71. The van der Waals surface area contributed by atoms with E-state index in [1.165, 1.54) is 0 Å². The molecular weight excluding hydrogens is 318 g/mol. The van der Waals surface area contributed by atoms with E-state index in [2.05, 4.69) is 4.98 Å². The SMILES string of the molecule is CC(=O)N1CC2(CCN(C(=O)c3ccncc3)CC2)CC(O)C1(C)C. The number of carbonyl (C=O) groups excluding carboxylic acids is 2. The number of amides is 2. The number of pyridine rings is 1. The van der Waals surface area contributed by atoms with Crippen molar-refractivity contribution < 1.29 is 14.7 Å². The fraction of sp³-hybridized carbons (Fsp3) is 0.632. The Morgan fingerprint density at radius 2 is 1.80 bits per heavy atom. The van der Waals surface area contributed by atoms with Gasteiger partial charge in [0.1, 0.15) is 0 Å². The first kappa shape index (κ1) is 17.9.